The van der Waals surface area contributed by atoms with Crippen molar-refractivity contribution in [3.8, 4) is 5.75 Å². The Balaban J connectivity index is 1.74. The molecule has 0 aliphatic carbocycles. The summed E-state index contributed by atoms with van der Waals surface area (Å²) in [4.78, 5) is 12.6. The first kappa shape index (κ1) is 13.9. The maximum Gasteiger partial charge on any atom is 0.140 e. The Kier molecular flexibility index (Phi) is 4.05. The quantitative estimate of drug-likeness (QED) is 0.834. The van der Waals surface area contributed by atoms with Crippen LogP contribution in [0.15, 0.2) is 54.6 Å². The van der Waals surface area contributed by atoms with Gasteiger partial charge >= 0.3 is 0 Å². The highest BCUT2D eigenvalue weighted by molar-refractivity contribution is 5.86. The van der Waals surface area contributed by atoms with Gasteiger partial charge < -0.3 is 4.74 Å². The molecule has 0 bridgehead atoms. The standard InChI is InChI=1S/C19H20O2/c1-14(15-7-3-2-4-8-15)18(20)13-16-11-12-21-19-10-6-5-9-17(16)19/h2-10,14,16H,11-13H2,1H3. The van der Waals surface area contributed by atoms with Crippen molar-refractivity contribution in [1.82, 2.24) is 0 Å². The molecule has 0 aromatic heterocycles. The van der Waals surface area contributed by atoms with Crippen LogP contribution in [0.2, 0.25) is 0 Å². The lowest BCUT2D eigenvalue weighted by Crippen LogP contribution is -2.19. The number of carbonyl (C=O) groups excluding carboxylic acids is 1. The smallest absolute Gasteiger partial charge is 0.140 e. The molecule has 2 aromatic rings. The molecular formula is C19H20O2. The molecule has 0 spiro atoms. The highest BCUT2D eigenvalue weighted by Gasteiger charge is 2.25. The number of rotatable bonds is 4. The van der Waals surface area contributed by atoms with Gasteiger partial charge in [-0.2, -0.15) is 0 Å². The Hall–Kier alpha value is -2.09. The second-order valence-electron chi connectivity index (χ2n) is 5.67. The molecule has 1 heterocycles. The van der Waals surface area contributed by atoms with E-state index >= 15 is 0 Å². The third kappa shape index (κ3) is 2.99. The van der Waals surface area contributed by atoms with Crippen LogP contribution >= 0.6 is 0 Å². The van der Waals surface area contributed by atoms with Gasteiger partial charge in [-0.05, 0) is 29.5 Å². The van der Waals surface area contributed by atoms with Gasteiger partial charge in [0.25, 0.3) is 0 Å². The number of ether oxygens (including phenoxy) is 1. The molecule has 2 aromatic carbocycles. The molecule has 0 saturated carbocycles. The van der Waals surface area contributed by atoms with Crippen LogP contribution in [0.4, 0.5) is 0 Å². The maximum absolute atomic E-state index is 12.6. The minimum atomic E-state index is -0.0405. The monoisotopic (exact) mass is 280 g/mol. The van der Waals surface area contributed by atoms with Crippen molar-refractivity contribution in [2.24, 2.45) is 0 Å². The summed E-state index contributed by atoms with van der Waals surface area (Å²) in [6, 6.07) is 18.1. The zero-order valence-corrected chi connectivity index (χ0v) is 12.3. The number of hydrogen-bond acceptors (Lipinski definition) is 2. The molecule has 1 aliphatic heterocycles. The highest BCUT2D eigenvalue weighted by Crippen LogP contribution is 2.36. The molecule has 0 radical (unpaired) electrons. The average molecular weight is 280 g/mol. The molecule has 0 amide bonds. The summed E-state index contributed by atoms with van der Waals surface area (Å²) in [7, 11) is 0. The van der Waals surface area contributed by atoms with Gasteiger partial charge in [0.15, 0.2) is 0 Å². The second kappa shape index (κ2) is 6.13. The molecule has 0 N–H and O–H groups in total. The van der Waals surface area contributed by atoms with Crippen molar-refractivity contribution in [3.05, 3.63) is 65.7 Å². The lowest BCUT2D eigenvalue weighted by molar-refractivity contribution is -0.120. The van der Waals surface area contributed by atoms with Crippen LogP contribution in [0.1, 0.15) is 42.7 Å². The zero-order valence-electron chi connectivity index (χ0n) is 12.3. The molecule has 2 nitrogen and oxygen atoms in total. The number of ketones is 1. The van der Waals surface area contributed by atoms with E-state index in [-0.39, 0.29) is 11.8 Å². The van der Waals surface area contributed by atoms with Crippen molar-refractivity contribution >= 4 is 5.78 Å². The molecule has 1 aliphatic rings. The van der Waals surface area contributed by atoms with Gasteiger partial charge in [0.05, 0.1) is 6.61 Å². The van der Waals surface area contributed by atoms with E-state index in [9.17, 15) is 4.79 Å². The van der Waals surface area contributed by atoms with E-state index in [1.807, 2.05) is 55.5 Å². The SMILES string of the molecule is CC(C(=O)CC1CCOc2ccccc21)c1ccccc1. The Labute approximate surface area is 125 Å². The Morgan fingerprint density at radius 1 is 1.14 bits per heavy atom. The van der Waals surface area contributed by atoms with Gasteiger partial charge in [-0.15, -0.1) is 0 Å². The summed E-state index contributed by atoms with van der Waals surface area (Å²) < 4.78 is 5.67. The fourth-order valence-corrected chi connectivity index (χ4v) is 2.98. The van der Waals surface area contributed by atoms with E-state index in [0.29, 0.717) is 18.8 Å². The van der Waals surface area contributed by atoms with E-state index in [2.05, 4.69) is 6.07 Å². The summed E-state index contributed by atoms with van der Waals surface area (Å²) in [5, 5.41) is 0. The number of benzene rings is 2. The molecule has 2 heteroatoms. The van der Waals surface area contributed by atoms with Gasteiger partial charge in [-0.25, -0.2) is 0 Å². The minimum absolute atomic E-state index is 0.0405. The van der Waals surface area contributed by atoms with E-state index in [0.717, 1.165) is 17.7 Å². The van der Waals surface area contributed by atoms with Crippen molar-refractivity contribution in [3.63, 3.8) is 0 Å². The van der Waals surface area contributed by atoms with Gasteiger partial charge in [-0.1, -0.05) is 55.5 Å². The van der Waals surface area contributed by atoms with Gasteiger partial charge in [0.2, 0.25) is 0 Å². The van der Waals surface area contributed by atoms with E-state index < -0.39 is 0 Å². The Morgan fingerprint density at radius 2 is 1.86 bits per heavy atom. The molecule has 0 saturated heterocycles. The maximum atomic E-state index is 12.6. The zero-order chi connectivity index (χ0) is 14.7. The molecule has 3 rings (SSSR count). The average Bonchev–Trinajstić information content (AvgIpc) is 2.55. The summed E-state index contributed by atoms with van der Waals surface area (Å²) in [6.07, 6.45) is 1.51. The van der Waals surface area contributed by atoms with Gasteiger partial charge in [0.1, 0.15) is 11.5 Å². The van der Waals surface area contributed by atoms with E-state index in [1.54, 1.807) is 0 Å². The van der Waals surface area contributed by atoms with Crippen LogP contribution in [-0.4, -0.2) is 12.4 Å². The molecule has 2 atom stereocenters. The van der Waals surface area contributed by atoms with Crippen molar-refractivity contribution < 1.29 is 9.53 Å². The largest absolute Gasteiger partial charge is 0.493 e. The molecule has 0 fully saturated rings. The highest BCUT2D eigenvalue weighted by atomic mass is 16.5. The molecular weight excluding hydrogens is 260 g/mol. The van der Waals surface area contributed by atoms with Crippen molar-refractivity contribution in [2.75, 3.05) is 6.61 Å². The van der Waals surface area contributed by atoms with Crippen molar-refractivity contribution in [2.45, 2.75) is 31.6 Å². The van der Waals surface area contributed by atoms with Crippen LogP contribution in [0.25, 0.3) is 0 Å². The summed E-state index contributed by atoms with van der Waals surface area (Å²) in [5.74, 6) is 1.49. The fourth-order valence-electron chi connectivity index (χ4n) is 2.98. The van der Waals surface area contributed by atoms with Crippen LogP contribution in [-0.2, 0) is 4.79 Å². The van der Waals surface area contributed by atoms with E-state index in [1.165, 1.54) is 5.56 Å². The van der Waals surface area contributed by atoms with Crippen LogP contribution in [0.3, 0.4) is 0 Å². The predicted octanol–water partition coefficient (Wildman–Crippen LogP) is 4.32. The first-order valence-corrected chi connectivity index (χ1v) is 7.55. The van der Waals surface area contributed by atoms with Crippen LogP contribution < -0.4 is 4.74 Å². The number of carbonyl (C=O) groups is 1. The molecule has 2 unspecified atom stereocenters. The third-order valence-corrected chi connectivity index (χ3v) is 4.31. The number of Topliss-reactive ketones (excluding diaryl/α,β-unsaturated/α-hetero) is 1. The molecule has 108 valence electrons. The second-order valence-corrected chi connectivity index (χ2v) is 5.67. The number of fused-ring (bicyclic) bond motifs is 1. The Bertz CT molecular complexity index is 618. The first-order valence-electron chi connectivity index (χ1n) is 7.55. The minimum Gasteiger partial charge on any atom is -0.493 e. The summed E-state index contributed by atoms with van der Waals surface area (Å²) in [6.45, 7) is 2.71. The van der Waals surface area contributed by atoms with Crippen molar-refractivity contribution in [1.29, 1.82) is 0 Å². The van der Waals surface area contributed by atoms with Crippen LogP contribution in [0.5, 0.6) is 5.75 Å². The third-order valence-electron chi connectivity index (χ3n) is 4.31. The lowest BCUT2D eigenvalue weighted by atomic mass is 9.84. The fraction of sp³-hybridized carbons (Fsp3) is 0.316. The van der Waals surface area contributed by atoms with E-state index in [4.69, 9.17) is 4.74 Å². The first-order chi connectivity index (χ1) is 10.3. The van der Waals surface area contributed by atoms with Gasteiger partial charge in [0, 0.05) is 12.3 Å². The summed E-state index contributed by atoms with van der Waals surface area (Å²) in [5.41, 5.74) is 2.28. The van der Waals surface area contributed by atoms with Gasteiger partial charge in [-0.3, -0.25) is 4.79 Å². The predicted molar refractivity (Wildman–Crippen MR) is 83.8 cm³/mol. The van der Waals surface area contributed by atoms with Crippen LogP contribution in [0, 0.1) is 0 Å². The number of para-hydroxylation sites is 1. The Morgan fingerprint density at radius 3 is 2.67 bits per heavy atom. The number of hydrogen-bond donors (Lipinski definition) is 0. The normalized spacial score (nSPS) is 18.4. The lowest BCUT2D eigenvalue weighted by Gasteiger charge is -2.26. The summed E-state index contributed by atoms with van der Waals surface area (Å²) >= 11 is 0. The molecule has 21 heavy (non-hydrogen) atoms. The topological polar surface area (TPSA) is 26.3 Å².